The molecule has 0 fully saturated rings. The number of aromatic nitrogens is 4. The number of imidazole rings is 1. The third-order valence-electron chi connectivity index (χ3n) is 3.26. The molecule has 3 rings (SSSR count). The summed E-state index contributed by atoms with van der Waals surface area (Å²) in [7, 11) is 3.85. The van der Waals surface area contributed by atoms with Crippen LogP contribution in [0.3, 0.4) is 0 Å². The quantitative estimate of drug-likeness (QED) is 0.782. The van der Waals surface area contributed by atoms with Gasteiger partial charge < -0.3 is 10.6 Å². The predicted molar refractivity (Wildman–Crippen MR) is 83.7 cm³/mol. The number of rotatable bonds is 4. The molecule has 0 radical (unpaired) electrons. The summed E-state index contributed by atoms with van der Waals surface area (Å²) in [5, 5.41) is 0. The van der Waals surface area contributed by atoms with Crippen LogP contribution in [0, 0.1) is 0 Å². The maximum Gasteiger partial charge on any atom is 0.226 e. The highest BCUT2D eigenvalue weighted by Gasteiger charge is 2.13. The fourth-order valence-corrected chi connectivity index (χ4v) is 2.31. The lowest BCUT2D eigenvalue weighted by atomic mass is 10.3. The smallest absolute Gasteiger partial charge is 0.226 e. The summed E-state index contributed by atoms with van der Waals surface area (Å²) in [4.78, 5) is 15.4. The summed E-state index contributed by atoms with van der Waals surface area (Å²) in [6.45, 7) is 0.551. The number of para-hydroxylation sites is 2. The number of hydrogen-bond donors (Lipinski definition) is 1. The molecule has 3 aromatic rings. The molecule has 6 heteroatoms. The Morgan fingerprint density at radius 3 is 2.71 bits per heavy atom. The lowest BCUT2D eigenvalue weighted by Gasteiger charge is -2.13. The minimum atomic E-state index is 0.551. The van der Waals surface area contributed by atoms with Crippen LogP contribution in [0.15, 0.2) is 36.5 Å². The summed E-state index contributed by atoms with van der Waals surface area (Å²) in [6, 6.07) is 9.92. The van der Waals surface area contributed by atoms with Gasteiger partial charge in [-0.3, -0.25) is 4.57 Å². The largest absolute Gasteiger partial charge is 0.347 e. The van der Waals surface area contributed by atoms with Gasteiger partial charge in [0.15, 0.2) is 0 Å². The molecular weight excluding hydrogens is 264 g/mol. The van der Waals surface area contributed by atoms with Crippen LogP contribution in [0.4, 0.5) is 5.95 Å². The Morgan fingerprint density at radius 2 is 1.95 bits per heavy atom. The molecule has 0 aliphatic heterocycles. The molecular formula is C15H18N6. The van der Waals surface area contributed by atoms with Crippen molar-refractivity contribution < 1.29 is 0 Å². The van der Waals surface area contributed by atoms with Crippen molar-refractivity contribution in [2.45, 2.75) is 6.42 Å². The predicted octanol–water partition coefficient (Wildman–Crippen LogP) is 1.38. The zero-order valence-corrected chi connectivity index (χ0v) is 12.2. The van der Waals surface area contributed by atoms with E-state index >= 15 is 0 Å². The number of anilines is 1. The van der Waals surface area contributed by atoms with E-state index in [2.05, 4.69) is 19.5 Å². The molecule has 21 heavy (non-hydrogen) atoms. The Kier molecular flexibility index (Phi) is 3.53. The number of nitrogens with zero attached hydrogens (tertiary/aromatic N) is 5. The second kappa shape index (κ2) is 5.49. The van der Waals surface area contributed by atoms with Crippen molar-refractivity contribution >= 4 is 17.0 Å². The van der Waals surface area contributed by atoms with Crippen LogP contribution in [0.5, 0.6) is 0 Å². The first-order chi connectivity index (χ1) is 10.2. The third kappa shape index (κ3) is 2.45. The van der Waals surface area contributed by atoms with E-state index in [1.54, 1.807) is 6.20 Å². The highest BCUT2D eigenvalue weighted by Crippen LogP contribution is 2.21. The van der Waals surface area contributed by atoms with Gasteiger partial charge in [-0.25, -0.2) is 9.97 Å². The Morgan fingerprint density at radius 1 is 1.14 bits per heavy atom. The molecule has 6 nitrogen and oxygen atoms in total. The van der Waals surface area contributed by atoms with Crippen molar-refractivity contribution in [2.75, 3.05) is 25.5 Å². The molecule has 0 amide bonds. The average Bonchev–Trinajstić information content (AvgIpc) is 2.85. The van der Waals surface area contributed by atoms with Crippen LogP contribution >= 0.6 is 0 Å². The van der Waals surface area contributed by atoms with E-state index in [-0.39, 0.29) is 0 Å². The Hall–Kier alpha value is -2.47. The van der Waals surface area contributed by atoms with E-state index in [0.29, 0.717) is 18.9 Å². The van der Waals surface area contributed by atoms with Gasteiger partial charge in [0.05, 0.1) is 11.0 Å². The van der Waals surface area contributed by atoms with Gasteiger partial charge in [0.25, 0.3) is 0 Å². The summed E-state index contributed by atoms with van der Waals surface area (Å²) >= 11 is 0. The summed E-state index contributed by atoms with van der Waals surface area (Å²) in [6.07, 6.45) is 2.47. The molecule has 0 unspecified atom stereocenters. The normalized spacial score (nSPS) is 11.0. The van der Waals surface area contributed by atoms with Crippen molar-refractivity contribution in [1.29, 1.82) is 0 Å². The van der Waals surface area contributed by atoms with Gasteiger partial charge >= 0.3 is 0 Å². The molecule has 0 aliphatic carbocycles. The minimum absolute atomic E-state index is 0.551. The zero-order chi connectivity index (χ0) is 14.8. The van der Waals surface area contributed by atoms with Gasteiger partial charge in [-0.15, -0.1) is 0 Å². The van der Waals surface area contributed by atoms with Gasteiger partial charge in [0.1, 0.15) is 11.6 Å². The molecule has 0 saturated carbocycles. The van der Waals surface area contributed by atoms with E-state index in [0.717, 1.165) is 22.7 Å². The van der Waals surface area contributed by atoms with Gasteiger partial charge in [0, 0.05) is 26.7 Å². The molecule has 2 aromatic heterocycles. The number of fused-ring (bicyclic) bond motifs is 1. The molecule has 0 spiro atoms. The molecule has 0 bridgehead atoms. The van der Waals surface area contributed by atoms with Crippen molar-refractivity contribution in [2.24, 2.45) is 5.73 Å². The molecule has 108 valence electrons. The van der Waals surface area contributed by atoms with Crippen LogP contribution in [0.1, 0.15) is 5.82 Å². The van der Waals surface area contributed by atoms with Crippen LogP contribution < -0.4 is 10.6 Å². The van der Waals surface area contributed by atoms with E-state index in [1.807, 2.05) is 49.3 Å². The molecule has 2 heterocycles. The maximum atomic E-state index is 5.71. The second-order valence-electron chi connectivity index (χ2n) is 5.00. The zero-order valence-electron chi connectivity index (χ0n) is 12.2. The lowest BCUT2D eigenvalue weighted by molar-refractivity contribution is 0.828. The standard InChI is InChI=1S/C15H18N6/c1-20(2)15-17-10-8-14(19-15)21-12-6-4-3-5-11(12)18-13(21)7-9-16/h3-6,8,10H,7,9,16H2,1-2H3. The number of benzene rings is 1. The SMILES string of the molecule is CN(C)c1nccc(-n2c(CCN)nc3ccccc32)n1. The fourth-order valence-electron chi connectivity index (χ4n) is 2.31. The van der Waals surface area contributed by atoms with Gasteiger partial charge in [-0.2, -0.15) is 4.98 Å². The van der Waals surface area contributed by atoms with Crippen molar-refractivity contribution in [3.8, 4) is 5.82 Å². The Balaban J connectivity index is 2.22. The highest BCUT2D eigenvalue weighted by atomic mass is 15.2. The molecule has 0 atom stereocenters. The molecule has 1 aromatic carbocycles. The Labute approximate surface area is 123 Å². The number of nitrogens with two attached hydrogens (primary N) is 1. The van der Waals surface area contributed by atoms with Crippen molar-refractivity contribution in [1.82, 2.24) is 19.5 Å². The monoisotopic (exact) mass is 282 g/mol. The van der Waals surface area contributed by atoms with E-state index < -0.39 is 0 Å². The fraction of sp³-hybridized carbons (Fsp3) is 0.267. The van der Waals surface area contributed by atoms with Gasteiger partial charge in [-0.1, -0.05) is 12.1 Å². The number of hydrogen-bond acceptors (Lipinski definition) is 5. The summed E-state index contributed by atoms with van der Waals surface area (Å²) < 4.78 is 2.05. The van der Waals surface area contributed by atoms with Crippen LogP contribution in [0.2, 0.25) is 0 Å². The first kappa shape index (κ1) is 13.5. The highest BCUT2D eigenvalue weighted by molar-refractivity contribution is 5.77. The first-order valence-corrected chi connectivity index (χ1v) is 6.88. The van der Waals surface area contributed by atoms with E-state index in [4.69, 9.17) is 5.73 Å². The molecule has 2 N–H and O–H groups in total. The van der Waals surface area contributed by atoms with Gasteiger partial charge in [0.2, 0.25) is 5.95 Å². The van der Waals surface area contributed by atoms with E-state index in [9.17, 15) is 0 Å². The summed E-state index contributed by atoms with van der Waals surface area (Å²) in [5.74, 6) is 2.40. The maximum absolute atomic E-state index is 5.71. The van der Waals surface area contributed by atoms with Crippen molar-refractivity contribution in [3.05, 3.63) is 42.4 Å². The van der Waals surface area contributed by atoms with Crippen molar-refractivity contribution in [3.63, 3.8) is 0 Å². The topological polar surface area (TPSA) is 72.9 Å². The van der Waals surface area contributed by atoms with E-state index in [1.165, 1.54) is 0 Å². The second-order valence-corrected chi connectivity index (χ2v) is 5.00. The average molecular weight is 282 g/mol. The minimum Gasteiger partial charge on any atom is -0.347 e. The third-order valence-corrected chi connectivity index (χ3v) is 3.26. The summed E-state index contributed by atoms with van der Waals surface area (Å²) in [5.41, 5.74) is 7.69. The molecule has 0 aliphatic rings. The molecule has 0 saturated heterocycles. The van der Waals surface area contributed by atoms with Crippen LogP contribution in [-0.2, 0) is 6.42 Å². The van der Waals surface area contributed by atoms with Crippen LogP contribution in [-0.4, -0.2) is 40.2 Å². The van der Waals surface area contributed by atoms with Crippen LogP contribution in [0.25, 0.3) is 16.9 Å². The van der Waals surface area contributed by atoms with Gasteiger partial charge in [-0.05, 0) is 24.7 Å². The lowest BCUT2D eigenvalue weighted by Crippen LogP contribution is -2.15. The Bertz CT molecular complexity index is 762. The first-order valence-electron chi connectivity index (χ1n) is 6.88.